The number of hydrogen-bond donors (Lipinski definition) is 0. The van der Waals surface area contributed by atoms with E-state index in [0.29, 0.717) is 5.92 Å². The molecular formula is C13H18ClNO. The zero-order chi connectivity index (χ0) is 12.1. The molecule has 0 atom stereocenters. The Hall–Kier alpha value is -1.02. The van der Waals surface area contributed by atoms with Gasteiger partial charge in [-0.3, -0.25) is 4.79 Å². The van der Waals surface area contributed by atoms with Crippen molar-refractivity contribution in [1.29, 1.82) is 0 Å². The monoisotopic (exact) mass is 239 g/mol. The Morgan fingerprint density at radius 2 is 1.88 bits per heavy atom. The Labute approximate surface area is 102 Å². The van der Waals surface area contributed by atoms with Crippen LogP contribution >= 0.6 is 11.6 Å². The fourth-order valence-corrected chi connectivity index (χ4v) is 1.74. The lowest BCUT2D eigenvalue weighted by Crippen LogP contribution is -2.27. The maximum Gasteiger partial charge on any atom is 0.241 e. The molecule has 1 rings (SSSR count). The first kappa shape index (κ1) is 13.0. The second kappa shape index (κ2) is 5.90. The molecule has 0 saturated carbocycles. The summed E-state index contributed by atoms with van der Waals surface area (Å²) in [7, 11) is 1.74. The van der Waals surface area contributed by atoms with Gasteiger partial charge in [-0.25, -0.2) is 0 Å². The van der Waals surface area contributed by atoms with E-state index >= 15 is 0 Å². The van der Waals surface area contributed by atoms with Gasteiger partial charge in [-0.15, -0.1) is 11.6 Å². The third-order valence-corrected chi connectivity index (χ3v) is 2.68. The first-order chi connectivity index (χ1) is 7.54. The Kier molecular flexibility index (Phi) is 4.81. The van der Waals surface area contributed by atoms with Crippen LogP contribution in [0.25, 0.3) is 0 Å². The molecule has 0 aliphatic heterocycles. The van der Waals surface area contributed by atoms with E-state index in [-0.39, 0.29) is 11.8 Å². The van der Waals surface area contributed by atoms with Crippen LogP contribution in [0.1, 0.15) is 19.4 Å². The lowest BCUT2D eigenvalue weighted by molar-refractivity contribution is -0.116. The summed E-state index contributed by atoms with van der Waals surface area (Å²) in [6.07, 6.45) is 1.06. The Morgan fingerprint density at radius 3 is 2.31 bits per heavy atom. The van der Waals surface area contributed by atoms with Crippen molar-refractivity contribution in [3.05, 3.63) is 29.8 Å². The maximum atomic E-state index is 11.4. The summed E-state index contributed by atoms with van der Waals surface area (Å²) in [6, 6.07) is 8.05. The average Bonchev–Trinajstić information content (AvgIpc) is 2.27. The van der Waals surface area contributed by atoms with Crippen LogP contribution in [-0.2, 0) is 11.2 Å². The van der Waals surface area contributed by atoms with Crippen LogP contribution in [0.4, 0.5) is 5.69 Å². The maximum absolute atomic E-state index is 11.4. The van der Waals surface area contributed by atoms with Crippen LogP contribution in [0.15, 0.2) is 24.3 Å². The number of rotatable bonds is 4. The molecular weight excluding hydrogens is 222 g/mol. The van der Waals surface area contributed by atoms with E-state index < -0.39 is 0 Å². The van der Waals surface area contributed by atoms with E-state index in [1.807, 2.05) is 12.1 Å². The van der Waals surface area contributed by atoms with Gasteiger partial charge in [0.2, 0.25) is 5.91 Å². The van der Waals surface area contributed by atoms with Crippen LogP contribution < -0.4 is 4.90 Å². The summed E-state index contributed by atoms with van der Waals surface area (Å²) in [4.78, 5) is 12.9. The summed E-state index contributed by atoms with van der Waals surface area (Å²) in [5, 5.41) is 0. The van der Waals surface area contributed by atoms with Gasteiger partial charge in [-0.2, -0.15) is 0 Å². The minimum atomic E-state index is -0.0849. The minimum absolute atomic E-state index is 0.0181. The zero-order valence-electron chi connectivity index (χ0n) is 10.0. The number of hydrogen-bond acceptors (Lipinski definition) is 1. The first-order valence-electron chi connectivity index (χ1n) is 5.46. The molecule has 0 fully saturated rings. The number of amides is 1. The predicted octanol–water partition coefficient (Wildman–Crippen LogP) is 3.09. The molecule has 0 radical (unpaired) electrons. The Bertz CT molecular complexity index is 345. The van der Waals surface area contributed by atoms with Gasteiger partial charge in [0.1, 0.15) is 5.88 Å². The third-order valence-electron chi connectivity index (χ3n) is 2.46. The van der Waals surface area contributed by atoms with Gasteiger partial charge in [0.15, 0.2) is 0 Å². The lowest BCUT2D eigenvalue weighted by Gasteiger charge is -2.16. The molecule has 0 aromatic heterocycles. The van der Waals surface area contributed by atoms with Gasteiger partial charge in [-0.05, 0) is 30.0 Å². The molecule has 1 aromatic rings. The number of nitrogens with zero attached hydrogens (tertiary/aromatic N) is 1. The molecule has 0 unspecified atom stereocenters. The minimum Gasteiger partial charge on any atom is -0.314 e. The number of benzene rings is 1. The highest BCUT2D eigenvalue weighted by Gasteiger charge is 2.08. The van der Waals surface area contributed by atoms with Crippen LogP contribution in [0.2, 0.25) is 0 Å². The van der Waals surface area contributed by atoms with Gasteiger partial charge < -0.3 is 4.90 Å². The second-order valence-electron chi connectivity index (χ2n) is 4.35. The number of carbonyl (C=O) groups excluding carboxylic acids is 1. The first-order valence-corrected chi connectivity index (χ1v) is 5.99. The van der Waals surface area contributed by atoms with Gasteiger partial charge in [0.05, 0.1) is 0 Å². The standard InChI is InChI=1S/C13H18ClNO/c1-10(2)8-11-4-6-12(7-5-11)15(3)13(16)9-14/h4-7,10H,8-9H2,1-3H3. The van der Waals surface area contributed by atoms with Crippen LogP contribution in [-0.4, -0.2) is 18.8 Å². The Morgan fingerprint density at radius 1 is 1.31 bits per heavy atom. The Balaban J connectivity index is 2.74. The van der Waals surface area contributed by atoms with Crippen LogP contribution in [0, 0.1) is 5.92 Å². The van der Waals surface area contributed by atoms with Gasteiger partial charge >= 0.3 is 0 Å². The van der Waals surface area contributed by atoms with E-state index in [2.05, 4.69) is 26.0 Å². The lowest BCUT2D eigenvalue weighted by atomic mass is 10.0. The number of anilines is 1. The normalized spacial score (nSPS) is 10.6. The summed E-state index contributed by atoms with van der Waals surface area (Å²) in [5.74, 6) is 0.580. The fraction of sp³-hybridized carbons (Fsp3) is 0.462. The molecule has 0 aliphatic carbocycles. The summed E-state index contributed by atoms with van der Waals surface area (Å²) in [6.45, 7) is 4.38. The van der Waals surface area contributed by atoms with Gasteiger partial charge in [0, 0.05) is 12.7 Å². The van der Waals surface area contributed by atoms with Crippen molar-refractivity contribution in [3.8, 4) is 0 Å². The van der Waals surface area contributed by atoms with Crippen molar-refractivity contribution in [2.75, 3.05) is 17.8 Å². The van der Waals surface area contributed by atoms with Crippen molar-refractivity contribution in [2.45, 2.75) is 20.3 Å². The molecule has 88 valence electrons. The molecule has 0 saturated heterocycles. The van der Waals surface area contributed by atoms with Gasteiger partial charge in [-0.1, -0.05) is 26.0 Å². The van der Waals surface area contributed by atoms with Crippen LogP contribution in [0.3, 0.4) is 0 Å². The number of carbonyl (C=O) groups is 1. The van der Waals surface area contributed by atoms with Crippen molar-refractivity contribution in [2.24, 2.45) is 5.92 Å². The van der Waals surface area contributed by atoms with Crippen molar-refractivity contribution < 1.29 is 4.79 Å². The SMILES string of the molecule is CC(C)Cc1ccc(N(C)C(=O)CCl)cc1. The summed E-state index contributed by atoms with van der Waals surface area (Å²) in [5.41, 5.74) is 2.18. The quantitative estimate of drug-likeness (QED) is 0.740. The molecule has 0 bridgehead atoms. The van der Waals surface area contributed by atoms with Crippen molar-refractivity contribution in [1.82, 2.24) is 0 Å². The highest BCUT2D eigenvalue weighted by Crippen LogP contribution is 2.16. The highest BCUT2D eigenvalue weighted by atomic mass is 35.5. The molecule has 16 heavy (non-hydrogen) atoms. The summed E-state index contributed by atoms with van der Waals surface area (Å²) < 4.78 is 0. The molecule has 1 amide bonds. The van der Waals surface area contributed by atoms with E-state index in [1.165, 1.54) is 5.56 Å². The molecule has 0 heterocycles. The molecule has 0 N–H and O–H groups in total. The molecule has 0 aliphatic rings. The van der Waals surface area contributed by atoms with Crippen LogP contribution in [0.5, 0.6) is 0 Å². The molecule has 0 spiro atoms. The predicted molar refractivity (Wildman–Crippen MR) is 69.1 cm³/mol. The molecule has 1 aromatic carbocycles. The molecule has 3 heteroatoms. The smallest absolute Gasteiger partial charge is 0.241 e. The largest absolute Gasteiger partial charge is 0.314 e. The fourth-order valence-electron chi connectivity index (χ4n) is 1.56. The van der Waals surface area contributed by atoms with E-state index in [4.69, 9.17) is 11.6 Å². The topological polar surface area (TPSA) is 20.3 Å². The number of halogens is 1. The van der Waals surface area contributed by atoms with E-state index in [1.54, 1.807) is 11.9 Å². The second-order valence-corrected chi connectivity index (χ2v) is 4.62. The van der Waals surface area contributed by atoms with E-state index in [0.717, 1.165) is 12.1 Å². The van der Waals surface area contributed by atoms with Gasteiger partial charge in [0.25, 0.3) is 0 Å². The molecule has 2 nitrogen and oxygen atoms in total. The highest BCUT2D eigenvalue weighted by molar-refractivity contribution is 6.29. The summed E-state index contributed by atoms with van der Waals surface area (Å²) >= 11 is 5.51. The third kappa shape index (κ3) is 3.53. The van der Waals surface area contributed by atoms with Crippen molar-refractivity contribution >= 4 is 23.2 Å². The number of alkyl halides is 1. The van der Waals surface area contributed by atoms with E-state index in [9.17, 15) is 4.79 Å². The average molecular weight is 240 g/mol. The van der Waals surface area contributed by atoms with Crippen molar-refractivity contribution in [3.63, 3.8) is 0 Å². The zero-order valence-corrected chi connectivity index (χ0v) is 10.8.